The van der Waals surface area contributed by atoms with Crippen LogP contribution < -0.4 is 4.90 Å². The number of hydrogen-bond donors (Lipinski definition) is 0. The first kappa shape index (κ1) is 21.6. The lowest BCUT2D eigenvalue weighted by Crippen LogP contribution is -2.31. The molecule has 2 aromatic heterocycles. The van der Waals surface area contributed by atoms with E-state index >= 15 is 0 Å². The predicted molar refractivity (Wildman–Crippen MR) is 126 cm³/mol. The summed E-state index contributed by atoms with van der Waals surface area (Å²) >= 11 is 4.93. The highest BCUT2D eigenvalue weighted by atomic mass is 79.9. The van der Waals surface area contributed by atoms with E-state index in [0.717, 1.165) is 32.1 Å². The Labute approximate surface area is 192 Å². The fourth-order valence-corrected chi connectivity index (χ4v) is 5.22. The van der Waals surface area contributed by atoms with E-state index in [1.54, 1.807) is 29.4 Å². The third-order valence-electron chi connectivity index (χ3n) is 4.67. The average Bonchev–Trinajstić information content (AvgIpc) is 3.15. The van der Waals surface area contributed by atoms with E-state index in [-0.39, 0.29) is 17.2 Å². The fraction of sp³-hybridized carbons (Fsp3) is 0.136. The summed E-state index contributed by atoms with van der Waals surface area (Å²) in [5, 5.41) is 0.614. The van der Waals surface area contributed by atoms with Gasteiger partial charge in [0.1, 0.15) is 0 Å². The second-order valence-corrected chi connectivity index (χ2v) is 11.0. The lowest BCUT2D eigenvalue weighted by Gasteiger charge is -2.20. The molecule has 6 nitrogen and oxygen atoms in total. The van der Waals surface area contributed by atoms with Crippen LogP contribution in [0.3, 0.4) is 0 Å². The molecule has 0 unspecified atom stereocenters. The number of halogens is 1. The number of pyridine rings is 1. The number of aromatic nitrogens is 2. The number of rotatable bonds is 6. The lowest BCUT2D eigenvalue weighted by atomic mass is 10.1. The molecule has 0 N–H and O–H groups in total. The smallest absolute Gasteiger partial charge is 0.233 e. The first-order valence-electron chi connectivity index (χ1n) is 9.34. The summed E-state index contributed by atoms with van der Waals surface area (Å²) in [5.41, 5.74) is 2.51. The first-order valence-corrected chi connectivity index (χ1v) is 12.8. The summed E-state index contributed by atoms with van der Waals surface area (Å²) in [4.78, 5) is 23.9. The molecule has 4 aromatic rings. The van der Waals surface area contributed by atoms with Crippen LogP contribution in [0.4, 0.5) is 5.13 Å². The number of thiazole rings is 1. The molecule has 2 aromatic carbocycles. The highest BCUT2D eigenvalue weighted by Crippen LogP contribution is 2.32. The van der Waals surface area contributed by atoms with Crippen molar-refractivity contribution in [3.63, 3.8) is 0 Å². The third kappa shape index (κ3) is 5.17. The Hall–Kier alpha value is -2.62. The van der Waals surface area contributed by atoms with Gasteiger partial charge in [-0.1, -0.05) is 39.4 Å². The van der Waals surface area contributed by atoms with Gasteiger partial charge in [-0.15, -0.1) is 0 Å². The molecule has 0 radical (unpaired) electrons. The zero-order valence-corrected chi connectivity index (χ0v) is 19.7. The summed E-state index contributed by atoms with van der Waals surface area (Å²) in [6.07, 6.45) is 4.68. The van der Waals surface area contributed by atoms with Crippen LogP contribution in [0.15, 0.2) is 76.4 Å². The monoisotopic (exact) mass is 515 g/mol. The van der Waals surface area contributed by atoms with Gasteiger partial charge < -0.3 is 0 Å². The average molecular weight is 516 g/mol. The quantitative estimate of drug-likeness (QED) is 0.373. The molecule has 2 heterocycles. The van der Waals surface area contributed by atoms with Crippen LogP contribution in [0, 0.1) is 0 Å². The molecule has 1 amide bonds. The van der Waals surface area contributed by atoms with Crippen molar-refractivity contribution < 1.29 is 13.2 Å². The van der Waals surface area contributed by atoms with Gasteiger partial charge in [-0.25, -0.2) is 13.4 Å². The predicted octanol–water partition coefficient (Wildman–Crippen LogP) is 4.63. The molecule has 9 heteroatoms. The van der Waals surface area contributed by atoms with E-state index in [1.165, 1.54) is 23.5 Å². The molecule has 31 heavy (non-hydrogen) atoms. The number of anilines is 1. The van der Waals surface area contributed by atoms with Crippen LogP contribution in [-0.4, -0.2) is 30.5 Å². The van der Waals surface area contributed by atoms with E-state index in [1.807, 2.05) is 30.3 Å². The van der Waals surface area contributed by atoms with E-state index in [9.17, 15) is 13.2 Å². The maximum Gasteiger partial charge on any atom is 0.233 e. The second-order valence-electron chi connectivity index (χ2n) is 7.04. The number of sulfone groups is 1. The van der Waals surface area contributed by atoms with Crippen LogP contribution in [0.1, 0.15) is 11.1 Å². The standard InChI is InChI=1S/C22H18BrN3O3S2/c1-31(28,29)18-5-2-15(3-6-18)12-21(27)26(14-16-8-10-24-11-9-16)22-25-19-7-4-17(23)13-20(19)30-22/h2-11,13H,12,14H2,1H3. The summed E-state index contributed by atoms with van der Waals surface area (Å²) in [7, 11) is -3.28. The largest absolute Gasteiger partial charge is 0.283 e. The first-order chi connectivity index (χ1) is 14.8. The Morgan fingerprint density at radius 2 is 1.74 bits per heavy atom. The van der Waals surface area contributed by atoms with Crippen LogP contribution in [-0.2, 0) is 27.6 Å². The summed E-state index contributed by atoms with van der Waals surface area (Å²) < 4.78 is 25.3. The van der Waals surface area contributed by atoms with E-state index < -0.39 is 9.84 Å². The van der Waals surface area contributed by atoms with Gasteiger partial charge in [-0.2, -0.15) is 0 Å². The normalized spacial score (nSPS) is 11.5. The minimum Gasteiger partial charge on any atom is -0.283 e. The molecule has 0 spiro atoms. The van der Waals surface area contributed by atoms with Gasteiger partial charge in [0.2, 0.25) is 5.91 Å². The van der Waals surface area contributed by atoms with Crippen molar-refractivity contribution in [1.82, 2.24) is 9.97 Å². The van der Waals surface area contributed by atoms with Crippen molar-refractivity contribution in [2.45, 2.75) is 17.9 Å². The van der Waals surface area contributed by atoms with Crippen molar-refractivity contribution in [3.8, 4) is 0 Å². The topological polar surface area (TPSA) is 80.2 Å². The third-order valence-corrected chi connectivity index (χ3v) is 7.33. The molecule has 0 saturated carbocycles. The van der Waals surface area contributed by atoms with Crippen LogP contribution in [0.2, 0.25) is 0 Å². The minimum atomic E-state index is -3.28. The number of benzene rings is 2. The molecule has 0 aliphatic rings. The highest BCUT2D eigenvalue weighted by molar-refractivity contribution is 9.10. The molecule has 0 aliphatic carbocycles. The van der Waals surface area contributed by atoms with Gasteiger partial charge in [0.15, 0.2) is 15.0 Å². The number of nitrogens with zero attached hydrogens (tertiary/aromatic N) is 3. The lowest BCUT2D eigenvalue weighted by molar-refractivity contribution is -0.118. The van der Waals surface area contributed by atoms with Crippen LogP contribution >= 0.6 is 27.3 Å². The molecule has 0 fully saturated rings. The van der Waals surface area contributed by atoms with Crippen LogP contribution in [0.5, 0.6) is 0 Å². The minimum absolute atomic E-state index is 0.123. The van der Waals surface area contributed by atoms with E-state index in [2.05, 4.69) is 25.9 Å². The zero-order valence-electron chi connectivity index (χ0n) is 16.5. The Bertz CT molecular complexity index is 1340. The van der Waals surface area contributed by atoms with Crippen molar-refractivity contribution in [1.29, 1.82) is 0 Å². The molecule has 0 atom stereocenters. The maximum atomic E-state index is 13.3. The fourth-order valence-electron chi connectivity index (χ4n) is 3.06. The van der Waals surface area contributed by atoms with Gasteiger partial charge in [-0.3, -0.25) is 14.7 Å². The summed E-state index contributed by atoms with van der Waals surface area (Å²) in [6.45, 7) is 0.365. The van der Waals surface area contributed by atoms with E-state index in [0.29, 0.717) is 11.7 Å². The van der Waals surface area contributed by atoms with Crippen molar-refractivity contribution in [3.05, 3.63) is 82.6 Å². The Balaban J connectivity index is 1.65. The summed E-state index contributed by atoms with van der Waals surface area (Å²) in [6, 6.07) is 16.0. The van der Waals surface area contributed by atoms with Crippen molar-refractivity contribution in [2.24, 2.45) is 0 Å². The van der Waals surface area contributed by atoms with Crippen molar-refractivity contribution >= 4 is 58.4 Å². The molecule has 0 bridgehead atoms. The summed E-state index contributed by atoms with van der Waals surface area (Å²) in [5.74, 6) is -0.123. The van der Waals surface area contributed by atoms with Gasteiger partial charge in [0, 0.05) is 23.1 Å². The van der Waals surface area contributed by atoms with Gasteiger partial charge in [0.05, 0.1) is 28.1 Å². The van der Waals surface area contributed by atoms with Gasteiger partial charge in [0.25, 0.3) is 0 Å². The number of carbonyl (C=O) groups is 1. The van der Waals surface area contributed by atoms with Gasteiger partial charge in [-0.05, 0) is 53.6 Å². The molecule has 4 rings (SSSR count). The Kier molecular flexibility index (Phi) is 6.17. The Morgan fingerprint density at radius 3 is 2.42 bits per heavy atom. The number of fused-ring (bicyclic) bond motifs is 1. The van der Waals surface area contributed by atoms with Crippen LogP contribution in [0.25, 0.3) is 10.2 Å². The van der Waals surface area contributed by atoms with E-state index in [4.69, 9.17) is 0 Å². The molecule has 0 saturated heterocycles. The molecule has 0 aliphatic heterocycles. The number of amides is 1. The second kappa shape index (κ2) is 8.86. The van der Waals surface area contributed by atoms with Gasteiger partial charge >= 0.3 is 0 Å². The highest BCUT2D eigenvalue weighted by Gasteiger charge is 2.21. The Morgan fingerprint density at radius 1 is 1.03 bits per heavy atom. The van der Waals surface area contributed by atoms with Crippen molar-refractivity contribution in [2.75, 3.05) is 11.2 Å². The molecular weight excluding hydrogens is 498 g/mol. The SMILES string of the molecule is CS(=O)(=O)c1ccc(CC(=O)N(Cc2ccncc2)c2nc3ccc(Br)cc3s2)cc1. The maximum absolute atomic E-state index is 13.3. The zero-order chi connectivity index (χ0) is 22.0. The molecular formula is C22H18BrN3O3S2. The number of hydrogen-bond acceptors (Lipinski definition) is 6. The number of carbonyl (C=O) groups excluding carboxylic acids is 1. The molecule has 158 valence electrons.